The molecule has 4 heterocycles. The lowest BCUT2D eigenvalue weighted by molar-refractivity contribution is 0.0166. The quantitative estimate of drug-likeness (QED) is 0.631. The summed E-state index contributed by atoms with van der Waals surface area (Å²) in [6, 6.07) is 5.02. The molecule has 0 aromatic heterocycles. The molecule has 4 unspecified atom stereocenters. The number of fused-ring (bicyclic) bond motifs is 2. The molecule has 188 valence electrons. The molecule has 0 radical (unpaired) electrons. The molecule has 4 aliphatic rings. The molecule has 2 saturated heterocycles. The Hall–Kier alpha value is -2.42. The predicted molar refractivity (Wildman–Crippen MR) is 135 cm³/mol. The van der Waals surface area contributed by atoms with E-state index in [0.717, 1.165) is 43.6 Å². The third-order valence-corrected chi connectivity index (χ3v) is 7.64. The molecule has 35 heavy (non-hydrogen) atoms. The zero-order valence-corrected chi connectivity index (χ0v) is 21.3. The van der Waals surface area contributed by atoms with Gasteiger partial charge in [-0.3, -0.25) is 14.7 Å². The number of nitrogens with one attached hydrogen (secondary N) is 1. The van der Waals surface area contributed by atoms with Gasteiger partial charge in [0.15, 0.2) is 0 Å². The normalized spacial score (nSPS) is 28.3. The number of hydrogen-bond acceptors (Lipinski definition) is 6. The summed E-state index contributed by atoms with van der Waals surface area (Å²) in [5.74, 6) is 0.554. The van der Waals surface area contributed by atoms with Crippen LogP contribution in [-0.2, 0) is 0 Å². The number of rotatable bonds is 6. The fraction of sp³-hybridized carbons (Fsp3) is 0.538. The summed E-state index contributed by atoms with van der Waals surface area (Å²) in [5.41, 5.74) is 4.78. The molecule has 5 rings (SSSR count). The van der Waals surface area contributed by atoms with Crippen LogP contribution in [0.1, 0.15) is 56.8 Å². The van der Waals surface area contributed by atoms with Crippen LogP contribution in [0.2, 0.25) is 0 Å². The average molecular weight is 502 g/mol. The van der Waals surface area contributed by atoms with Gasteiger partial charge in [0, 0.05) is 49.2 Å². The Morgan fingerprint density at radius 3 is 2.91 bits per heavy atom. The largest absolute Gasteiger partial charge is 0.489 e. The van der Waals surface area contributed by atoms with Gasteiger partial charge in [0.1, 0.15) is 23.5 Å². The number of hydrogen-bond donors (Lipinski definition) is 1. The minimum absolute atomic E-state index is 0.0243. The fourth-order valence-electron chi connectivity index (χ4n) is 5.81. The van der Waals surface area contributed by atoms with E-state index in [0.29, 0.717) is 41.5 Å². The van der Waals surface area contributed by atoms with Gasteiger partial charge in [-0.1, -0.05) is 25.4 Å². The van der Waals surface area contributed by atoms with Crippen LogP contribution in [0.25, 0.3) is 0 Å². The van der Waals surface area contributed by atoms with Gasteiger partial charge in [-0.15, -0.1) is 0 Å². The summed E-state index contributed by atoms with van der Waals surface area (Å²) in [5, 5.41) is 2.36. The van der Waals surface area contributed by atoms with Crippen LogP contribution in [0.4, 0.5) is 4.39 Å². The number of carbonyl (C=O) groups excluding carboxylic acids is 1. The van der Waals surface area contributed by atoms with Gasteiger partial charge >= 0.3 is 0 Å². The van der Waals surface area contributed by atoms with Gasteiger partial charge in [0.25, 0.3) is 5.91 Å². The van der Waals surface area contributed by atoms with Crippen molar-refractivity contribution in [2.75, 3.05) is 19.6 Å². The van der Waals surface area contributed by atoms with E-state index >= 15 is 0 Å². The molecule has 1 aromatic rings. The average Bonchev–Trinajstić information content (AvgIpc) is 3.38. The second-order valence-electron chi connectivity index (χ2n) is 9.86. The van der Waals surface area contributed by atoms with E-state index in [4.69, 9.17) is 16.3 Å². The molecular formula is C26H33ClFN5O2. The lowest BCUT2D eigenvalue weighted by atomic mass is 9.92. The molecule has 9 heteroatoms. The Labute approximate surface area is 211 Å². The zero-order valence-electron chi connectivity index (χ0n) is 20.5. The van der Waals surface area contributed by atoms with Gasteiger partial charge in [0.05, 0.1) is 16.6 Å². The van der Waals surface area contributed by atoms with Crippen LogP contribution in [0, 0.1) is 5.82 Å². The van der Waals surface area contributed by atoms with Crippen molar-refractivity contribution in [1.29, 1.82) is 0 Å². The van der Waals surface area contributed by atoms with Gasteiger partial charge in [-0.25, -0.2) is 14.8 Å². The van der Waals surface area contributed by atoms with Gasteiger partial charge in [0.2, 0.25) is 0 Å². The summed E-state index contributed by atoms with van der Waals surface area (Å²) in [4.78, 5) is 22.3. The number of benzene rings is 1. The molecule has 1 N–H and O–H groups in total. The standard InChI is InChI=1S/C26H33ClFN5O2/c1-4-8-32-16(3)9-20(11-19(32)5-2)35-24-10-18(28)6-7-21(24)26(34)31-14-22-23(15-31)30-33-13-17(27)12-29-25(22)33/h6-7,10,12-13,16,19-20,23,30H,4-5,8-9,11,14-15H2,1-3H3. The molecule has 4 aliphatic heterocycles. The highest BCUT2D eigenvalue weighted by Crippen LogP contribution is 2.34. The van der Waals surface area contributed by atoms with Crippen LogP contribution < -0.4 is 10.2 Å². The Morgan fingerprint density at radius 1 is 1.31 bits per heavy atom. The highest BCUT2D eigenvalue weighted by Gasteiger charge is 2.41. The van der Waals surface area contributed by atoms with Crippen LogP contribution in [0.3, 0.4) is 0 Å². The highest BCUT2D eigenvalue weighted by molar-refractivity contribution is 6.39. The van der Waals surface area contributed by atoms with Crippen molar-refractivity contribution in [2.24, 2.45) is 4.99 Å². The zero-order chi connectivity index (χ0) is 24.7. The second-order valence-corrected chi connectivity index (χ2v) is 10.3. The molecular weight excluding hydrogens is 469 g/mol. The fourth-order valence-corrected chi connectivity index (χ4v) is 5.95. The molecule has 0 spiro atoms. The van der Waals surface area contributed by atoms with Crippen molar-refractivity contribution in [3.63, 3.8) is 0 Å². The number of halogens is 2. The molecule has 0 aliphatic carbocycles. The van der Waals surface area contributed by atoms with E-state index in [-0.39, 0.29) is 18.1 Å². The number of ether oxygens (including phenoxy) is 1. The number of likely N-dealkylation sites (tertiary alicyclic amines) is 2. The SMILES string of the molecule is CCCN1C(C)CC(Oc2cc(F)ccc2C(=O)N2CC3=C4N=CC(Cl)=CN4NC3C2)CC1CC. The monoisotopic (exact) mass is 501 g/mol. The van der Waals surface area contributed by atoms with Crippen molar-refractivity contribution in [2.45, 2.75) is 70.7 Å². The first-order valence-electron chi connectivity index (χ1n) is 12.6. The van der Waals surface area contributed by atoms with Crippen molar-refractivity contribution in [1.82, 2.24) is 20.2 Å². The van der Waals surface area contributed by atoms with E-state index in [1.165, 1.54) is 12.1 Å². The Kier molecular flexibility index (Phi) is 6.88. The minimum Gasteiger partial charge on any atom is -0.489 e. The first-order chi connectivity index (χ1) is 16.9. The van der Waals surface area contributed by atoms with Crippen molar-refractivity contribution in [3.05, 3.63) is 52.2 Å². The number of aliphatic imine (C=N–C) groups is 1. The highest BCUT2D eigenvalue weighted by atomic mass is 35.5. The van der Waals surface area contributed by atoms with E-state index in [1.807, 2.05) is 5.01 Å². The Morgan fingerprint density at radius 2 is 2.14 bits per heavy atom. The number of nitrogens with zero attached hydrogens (tertiary/aromatic N) is 4. The van der Waals surface area contributed by atoms with E-state index < -0.39 is 5.82 Å². The predicted octanol–water partition coefficient (Wildman–Crippen LogP) is 4.27. The molecule has 4 atom stereocenters. The molecule has 1 aromatic carbocycles. The van der Waals surface area contributed by atoms with Crippen LogP contribution in [-0.4, -0.2) is 70.8 Å². The first kappa shape index (κ1) is 24.3. The maximum Gasteiger partial charge on any atom is 0.257 e. The molecule has 2 fully saturated rings. The summed E-state index contributed by atoms with van der Waals surface area (Å²) >= 11 is 6.06. The van der Waals surface area contributed by atoms with Gasteiger partial charge in [-0.2, -0.15) is 0 Å². The summed E-state index contributed by atoms with van der Waals surface area (Å²) < 4.78 is 20.6. The van der Waals surface area contributed by atoms with E-state index in [1.54, 1.807) is 23.4 Å². The third-order valence-electron chi connectivity index (χ3n) is 7.44. The lowest BCUT2D eigenvalue weighted by Crippen LogP contribution is -2.50. The smallest absolute Gasteiger partial charge is 0.257 e. The van der Waals surface area contributed by atoms with E-state index in [2.05, 4.69) is 36.1 Å². The second kappa shape index (κ2) is 9.91. The number of piperidine rings is 1. The summed E-state index contributed by atoms with van der Waals surface area (Å²) in [6.07, 6.45) is 7.23. The molecule has 1 amide bonds. The number of allylic oxidation sites excluding steroid dienone is 1. The van der Waals surface area contributed by atoms with Crippen LogP contribution >= 0.6 is 11.6 Å². The molecule has 7 nitrogen and oxygen atoms in total. The van der Waals surface area contributed by atoms with Crippen molar-refractivity contribution < 1.29 is 13.9 Å². The maximum atomic E-state index is 14.3. The number of amides is 1. The lowest BCUT2D eigenvalue weighted by Gasteiger charge is -2.43. The number of carbonyl (C=O) groups is 1. The van der Waals surface area contributed by atoms with E-state index in [9.17, 15) is 9.18 Å². The summed E-state index contributed by atoms with van der Waals surface area (Å²) in [6.45, 7) is 8.66. The first-order valence-corrected chi connectivity index (χ1v) is 13.0. The van der Waals surface area contributed by atoms with Crippen molar-refractivity contribution >= 4 is 23.7 Å². The minimum atomic E-state index is -0.402. The van der Waals surface area contributed by atoms with Crippen LogP contribution in [0.5, 0.6) is 5.75 Å². The van der Waals surface area contributed by atoms with Gasteiger partial charge < -0.3 is 9.64 Å². The Bertz CT molecular complexity index is 1090. The maximum absolute atomic E-state index is 14.3. The van der Waals surface area contributed by atoms with Crippen LogP contribution in [0.15, 0.2) is 45.8 Å². The third kappa shape index (κ3) is 4.71. The summed E-state index contributed by atoms with van der Waals surface area (Å²) in [7, 11) is 0. The Balaban J connectivity index is 1.33. The van der Waals surface area contributed by atoms with Crippen molar-refractivity contribution in [3.8, 4) is 5.75 Å². The number of hydrazine groups is 1. The molecule has 0 bridgehead atoms. The topological polar surface area (TPSA) is 60.4 Å². The van der Waals surface area contributed by atoms with Gasteiger partial charge in [-0.05, 0) is 51.3 Å². The molecule has 0 saturated carbocycles.